The van der Waals surface area contributed by atoms with Crippen LogP contribution in [0.3, 0.4) is 0 Å². The second kappa shape index (κ2) is 7.84. The molecule has 1 aromatic carbocycles. The third-order valence-electron chi connectivity index (χ3n) is 1.98. The van der Waals surface area contributed by atoms with E-state index in [1.807, 2.05) is 0 Å². The van der Waals surface area contributed by atoms with Gasteiger partial charge in [-0.25, -0.2) is 4.79 Å². The van der Waals surface area contributed by atoms with Gasteiger partial charge in [0.2, 0.25) is 0 Å². The molecule has 1 aromatic rings. The molecule has 0 amide bonds. The van der Waals surface area contributed by atoms with Crippen molar-refractivity contribution in [1.82, 2.24) is 0 Å². The van der Waals surface area contributed by atoms with Gasteiger partial charge in [0.15, 0.2) is 6.29 Å². The van der Waals surface area contributed by atoms with Crippen molar-refractivity contribution in [2.45, 2.75) is 0 Å². The van der Waals surface area contributed by atoms with E-state index >= 15 is 0 Å². The van der Waals surface area contributed by atoms with E-state index in [9.17, 15) is 9.59 Å². The van der Waals surface area contributed by atoms with Crippen LogP contribution < -0.4 is 4.74 Å². The largest absolute Gasteiger partial charge is 0.489 e. The molecule has 0 aliphatic heterocycles. The van der Waals surface area contributed by atoms with Gasteiger partial charge in [-0.3, -0.25) is 4.79 Å². The topological polar surface area (TPSA) is 52.6 Å². The molecule has 0 aromatic heterocycles. The summed E-state index contributed by atoms with van der Waals surface area (Å²) in [5.41, 5.74) is 0.472. The summed E-state index contributed by atoms with van der Waals surface area (Å²) in [6, 6.07) is 6.86. The lowest BCUT2D eigenvalue weighted by atomic mass is 10.2. The van der Waals surface area contributed by atoms with Crippen LogP contribution >= 0.6 is 0 Å². The van der Waals surface area contributed by atoms with E-state index in [0.717, 1.165) is 6.29 Å². The molecular weight excluding hydrogens is 232 g/mol. The number of carbonyl (C=O) groups excluding carboxylic acids is 2. The molecule has 0 aliphatic carbocycles. The number of carbonyl (C=O) groups is 2. The number of aldehydes is 1. The molecule has 0 N–H and O–H groups in total. The Morgan fingerprint density at radius 3 is 2.78 bits per heavy atom. The molecule has 0 bridgehead atoms. The molecule has 94 valence electrons. The Bertz CT molecular complexity index is 449. The molecule has 0 heterocycles. The van der Waals surface area contributed by atoms with Crippen LogP contribution in [-0.2, 0) is 9.53 Å². The number of ether oxygens (including phenoxy) is 2. The summed E-state index contributed by atoms with van der Waals surface area (Å²) >= 11 is 0. The van der Waals surface area contributed by atoms with Crippen LogP contribution in [0.4, 0.5) is 0 Å². The Hall–Kier alpha value is -2.36. The lowest BCUT2D eigenvalue weighted by molar-refractivity contribution is -0.136. The second-order valence-corrected chi connectivity index (χ2v) is 3.29. The van der Waals surface area contributed by atoms with Crippen molar-refractivity contribution in [1.29, 1.82) is 0 Å². The molecule has 0 saturated heterocycles. The van der Waals surface area contributed by atoms with E-state index in [-0.39, 0.29) is 13.2 Å². The minimum absolute atomic E-state index is 0.179. The van der Waals surface area contributed by atoms with Gasteiger partial charge in [0.05, 0.1) is 5.56 Å². The molecule has 0 saturated carbocycles. The molecule has 4 heteroatoms. The van der Waals surface area contributed by atoms with E-state index in [1.54, 1.807) is 24.3 Å². The van der Waals surface area contributed by atoms with Crippen molar-refractivity contribution in [2.75, 3.05) is 13.2 Å². The van der Waals surface area contributed by atoms with Gasteiger partial charge in [0, 0.05) is 6.08 Å². The molecule has 0 unspecified atom stereocenters. The van der Waals surface area contributed by atoms with Gasteiger partial charge in [0.1, 0.15) is 19.0 Å². The van der Waals surface area contributed by atoms with Crippen LogP contribution in [0, 0.1) is 0 Å². The van der Waals surface area contributed by atoms with Gasteiger partial charge in [-0.1, -0.05) is 24.8 Å². The Kier molecular flexibility index (Phi) is 5.97. The molecule has 1 rings (SSSR count). The zero-order chi connectivity index (χ0) is 13.2. The maximum atomic E-state index is 11.1. The van der Waals surface area contributed by atoms with Crippen molar-refractivity contribution < 1.29 is 19.1 Å². The van der Waals surface area contributed by atoms with E-state index in [2.05, 4.69) is 6.58 Å². The highest BCUT2D eigenvalue weighted by molar-refractivity contribution is 5.82. The van der Waals surface area contributed by atoms with Crippen LogP contribution in [0.5, 0.6) is 5.75 Å². The Labute approximate surface area is 106 Å². The molecular formula is C14H14O4. The third-order valence-corrected chi connectivity index (χ3v) is 1.98. The van der Waals surface area contributed by atoms with Crippen molar-refractivity contribution in [3.63, 3.8) is 0 Å². The quantitative estimate of drug-likeness (QED) is 0.320. The summed E-state index contributed by atoms with van der Waals surface area (Å²) in [6.07, 6.45) is 5.00. The summed E-state index contributed by atoms with van der Waals surface area (Å²) in [7, 11) is 0. The van der Waals surface area contributed by atoms with Gasteiger partial charge in [-0.2, -0.15) is 0 Å². The van der Waals surface area contributed by atoms with Crippen molar-refractivity contribution in [3.05, 3.63) is 54.6 Å². The van der Waals surface area contributed by atoms with Gasteiger partial charge in [-0.05, 0) is 18.2 Å². The normalized spacial score (nSPS) is 10.0. The molecule has 0 atom stereocenters. The number of benzene rings is 1. The van der Waals surface area contributed by atoms with Gasteiger partial charge in [0.25, 0.3) is 0 Å². The number of para-hydroxylation sites is 1. The van der Waals surface area contributed by atoms with Gasteiger partial charge in [-0.15, -0.1) is 0 Å². The van der Waals surface area contributed by atoms with Crippen molar-refractivity contribution in [3.8, 4) is 5.75 Å². The fraction of sp³-hybridized carbons (Fsp3) is 0.143. The van der Waals surface area contributed by atoms with Crippen molar-refractivity contribution in [2.24, 2.45) is 0 Å². The Morgan fingerprint density at radius 1 is 1.28 bits per heavy atom. The second-order valence-electron chi connectivity index (χ2n) is 3.29. The average molecular weight is 246 g/mol. The number of esters is 1. The zero-order valence-electron chi connectivity index (χ0n) is 9.87. The van der Waals surface area contributed by atoms with E-state index < -0.39 is 5.97 Å². The lowest BCUT2D eigenvalue weighted by Gasteiger charge is -2.04. The molecule has 0 fully saturated rings. The molecule has 0 radical (unpaired) electrons. The van der Waals surface area contributed by atoms with E-state index in [4.69, 9.17) is 9.47 Å². The summed E-state index contributed by atoms with van der Waals surface area (Å²) < 4.78 is 10.1. The first-order valence-electron chi connectivity index (χ1n) is 5.39. The fourth-order valence-corrected chi connectivity index (χ4v) is 1.18. The van der Waals surface area contributed by atoms with Crippen LogP contribution in [0.25, 0.3) is 0 Å². The summed E-state index contributed by atoms with van der Waals surface area (Å²) in [5.74, 6) is 0.0266. The Morgan fingerprint density at radius 2 is 2.06 bits per heavy atom. The number of hydrogen-bond acceptors (Lipinski definition) is 4. The highest BCUT2D eigenvalue weighted by Crippen LogP contribution is 2.15. The smallest absolute Gasteiger partial charge is 0.330 e. The minimum atomic E-state index is -0.456. The highest BCUT2D eigenvalue weighted by Gasteiger charge is 1.99. The van der Waals surface area contributed by atoms with Gasteiger partial charge >= 0.3 is 5.97 Å². The van der Waals surface area contributed by atoms with Crippen molar-refractivity contribution >= 4 is 12.3 Å². The molecule has 18 heavy (non-hydrogen) atoms. The first-order chi connectivity index (χ1) is 8.77. The molecule has 0 aliphatic rings. The average Bonchev–Trinajstić information content (AvgIpc) is 2.41. The molecule has 4 nitrogen and oxygen atoms in total. The monoisotopic (exact) mass is 246 g/mol. The van der Waals surface area contributed by atoms with Crippen LogP contribution in [0.15, 0.2) is 49.1 Å². The maximum absolute atomic E-state index is 11.1. The van der Waals surface area contributed by atoms with E-state index in [0.29, 0.717) is 11.3 Å². The van der Waals surface area contributed by atoms with Crippen LogP contribution in [-0.4, -0.2) is 25.5 Å². The van der Waals surface area contributed by atoms with Gasteiger partial charge < -0.3 is 9.47 Å². The summed E-state index contributed by atoms with van der Waals surface area (Å²) in [5, 5.41) is 0. The fourth-order valence-electron chi connectivity index (χ4n) is 1.18. The van der Waals surface area contributed by atoms with E-state index in [1.165, 1.54) is 18.2 Å². The molecule has 0 spiro atoms. The Balaban J connectivity index is 2.41. The lowest BCUT2D eigenvalue weighted by Crippen LogP contribution is -2.02. The minimum Gasteiger partial charge on any atom is -0.489 e. The standard InChI is InChI=1S/C14H14O4/c1-2-9-18-14(16)8-5-10-17-13-7-4-3-6-12(13)11-15/h2-8,11H,1,9-10H2/b8-5+. The number of hydrogen-bond donors (Lipinski definition) is 0. The first kappa shape index (κ1) is 13.7. The SMILES string of the molecule is C=CCOC(=O)/C=C/COc1ccccc1C=O. The third kappa shape index (κ3) is 4.65. The summed E-state index contributed by atoms with van der Waals surface area (Å²) in [6.45, 7) is 3.80. The van der Waals surface area contributed by atoms with Crippen LogP contribution in [0.1, 0.15) is 10.4 Å². The zero-order valence-corrected chi connectivity index (χ0v) is 9.87. The highest BCUT2D eigenvalue weighted by atomic mass is 16.5. The first-order valence-corrected chi connectivity index (χ1v) is 5.39. The predicted octanol–water partition coefficient (Wildman–Crippen LogP) is 2.16. The summed E-state index contributed by atoms with van der Waals surface area (Å²) in [4.78, 5) is 21.8. The predicted molar refractivity (Wildman–Crippen MR) is 67.6 cm³/mol. The maximum Gasteiger partial charge on any atom is 0.330 e. The number of rotatable bonds is 7. The van der Waals surface area contributed by atoms with Crippen LogP contribution in [0.2, 0.25) is 0 Å².